The van der Waals surface area contributed by atoms with Gasteiger partial charge in [0.1, 0.15) is 17.1 Å². The molecule has 138 valence electrons. The summed E-state index contributed by atoms with van der Waals surface area (Å²) in [5.74, 6) is 0.153. The molecule has 26 heavy (non-hydrogen) atoms. The number of imide groups is 1. The Morgan fingerprint density at radius 2 is 2.15 bits per heavy atom. The van der Waals surface area contributed by atoms with Crippen molar-refractivity contribution in [3.8, 4) is 0 Å². The van der Waals surface area contributed by atoms with Crippen molar-refractivity contribution in [3.05, 3.63) is 29.3 Å². The van der Waals surface area contributed by atoms with Gasteiger partial charge in [-0.25, -0.2) is 14.7 Å². The lowest BCUT2D eigenvalue weighted by Gasteiger charge is -2.36. The number of carbonyl (C=O) groups excluding carboxylic acids is 2. The van der Waals surface area contributed by atoms with Gasteiger partial charge >= 0.3 is 6.03 Å². The van der Waals surface area contributed by atoms with Crippen molar-refractivity contribution < 1.29 is 14.5 Å². The molecule has 7 heteroatoms. The summed E-state index contributed by atoms with van der Waals surface area (Å²) in [6.07, 6.45) is 3.88. The highest BCUT2D eigenvalue weighted by atomic mass is 32.1. The molecule has 0 radical (unpaired) electrons. The molecule has 3 amide bonds. The average Bonchev–Trinajstić information content (AvgIpc) is 3.12. The number of thiazole rings is 1. The van der Waals surface area contributed by atoms with Gasteiger partial charge < -0.3 is 10.2 Å². The van der Waals surface area contributed by atoms with E-state index >= 15 is 0 Å². The number of rotatable bonds is 4. The molecule has 2 fully saturated rings. The van der Waals surface area contributed by atoms with E-state index in [2.05, 4.69) is 23.3 Å². The minimum absolute atomic E-state index is 0.0432. The van der Waals surface area contributed by atoms with Crippen LogP contribution in [0.3, 0.4) is 0 Å². The van der Waals surface area contributed by atoms with Gasteiger partial charge in [-0.15, -0.1) is 11.3 Å². The lowest BCUT2D eigenvalue weighted by atomic mass is 9.73. The second kappa shape index (κ2) is 6.63. The molecular formula is C19H25N4O2S+. The van der Waals surface area contributed by atoms with Crippen molar-refractivity contribution in [2.75, 3.05) is 13.7 Å². The van der Waals surface area contributed by atoms with Gasteiger partial charge in [0.05, 0.1) is 17.3 Å². The normalized spacial score (nSPS) is 27.3. The highest BCUT2D eigenvalue weighted by Crippen LogP contribution is 2.37. The quantitative estimate of drug-likeness (QED) is 0.803. The monoisotopic (exact) mass is 373 g/mol. The number of aromatic nitrogens is 1. The van der Waals surface area contributed by atoms with E-state index < -0.39 is 5.54 Å². The number of fused-ring (bicyclic) bond motifs is 1. The molecule has 1 spiro atoms. The fourth-order valence-corrected chi connectivity index (χ4v) is 5.30. The van der Waals surface area contributed by atoms with Crippen molar-refractivity contribution in [2.45, 2.75) is 44.7 Å². The number of hydrogen-bond donors (Lipinski definition) is 2. The van der Waals surface area contributed by atoms with E-state index in [1.54, 1.807) is 11.3 Å². The van der Waals surface area contributed by atoms with E-state index in [1.165, 1.54) is 9.60 Å². The van der Waals surface area contributed by atoms with Gasteiger partial charge in [0, 0.05) is 0 Å². The van der Waals surface area contributed by atoms with Crippen LogP contribution in [0, 0.1) is 5.92 Å². The summed E-state index contributed by atoms with van der Waals surface area (Å²) < 4.78 is 1.17. The number of quaternary nitrogens is 1. The second-order valence-corrected chi connectivity index (χ2v) is 8.76. The van der Waals surface area contributed by atoms with Gasteiger partial charge in [-0.2, -0.15) is 0 Å². The summed E-state index contributed by atoms with van der Waals surface area (Å²) in [5.41, 5.74) is 0.330. The van der Waals surface area contributed by atoms with Crippen LogP contribution >= 0.6 is 11.3 Å². The molecule has 0 bridgehead atoms. The molecule has 1 saturated heterocycles. The summed E-state index contributed by atoms with van der Waals surface area (Å²) in [5, 5.41) is 4.05. The van der Waals surface area contributed by atoms with Crippen LogP contribution in [-0.2, 0) is 11.3 Å². The Bertz CT molecular complexity index is 818. The van der Waals surface area contributed by atoms with Crippen LogP contribution in [0.25, 0.3) is 10.2 Å². The van der Waals surface area contributed by atoms with Gasteiger partial charge in [-0.3, -0.25) is 4.79 Å². The van der Waals surface area contributed by atoms with E-state index in [0.29, 0.717) is 13.2 Å². The number of hydrogen-bond acceptors (Lipinski definition) is 4. The Balaban J connectivity index is 1.46. The molecule has 2 aromatic rings. The number of nitrogens with one attached hydrogen (secondary N) is 2. The molecule has 3 atom stereocenters. The van der Waals surface area contributed by atoms with Crippen LogP contribution in [0.5, 0.6) is 0 Å². The van der Waals surface area contributed by atoms with Crippen LogP contribution in [0.15, 0.2) is 24.3 Å². The molecule has 2 heterocycles. The fraction of sp³-hybridized carbons (Fsp3) is 0.526. The summed E-state index contributed by atoms with van der Waals surface area (Å²) in [6, 6.07) is 7.83. The molecule has 1 aliphatic carbocycles. The highest BCUT2D eigenvalue weighted by Gasteiger charge is 2.55. The predicted molar refractivity (Wildman–Crippen MR) is 101 cm³/mol. The summed E-state index contributed by atoms with van der Waals surface area (Å²) in [7, 11) is 2.00. The number of urea groups is 1. The van der Waals surface area contributed by atoms with E-state index in [9.17, 15) is 9.59 Å². The molecule has 1 saturated carbocycles. The van der Waals surface area contributed by atoms with Crippen molar-refractivity contribution in [2.24, 2.45) is 5.92 Å². The van der Waals surface area contributed by atoms with E-state index in [0.717, 1.165) is 41.1 Å². The maximum atomic E-state index is 13.0. The van der Waals surface area contributed by atoms with Gasteiger partial charge in [0.2, 0.25) is 0 Å². The lowest BCUT2D eigenvalue weighted by Crippen LogP contribution is -3.09. The van der Waals surface area contributed by atoms with E-state index in [4.69, 9.17) is 0 Å². The highest BCUT2D eigenvalue weighted by molar-refractivity contribution is 7.18. The SMILES string of the molecule is C[C@@H]1CCCC[C@@]12NC(=O)N(C[NH+](C)Cc1nc3ccccc3s1)C2=O. The Kier molecular flexibility index (Phi) is 4.44. The largest absolute Gasteiger partial charge is 0.329 e. The third kappa shape index (κ3) is 2.89. The first-order valence-electron chi connectivity index (χ1n) is 9.29. The molecule has 1 aliphatic heterocycles. The first-order chi connectivity index (χ1) is 12.5. The summed E-state index contributed by atoms with van der Waals surface area (Å²) >= 11 is 1.67. The van der Waals surface area contributed by atoms with Crippen LogP contribution in [0.2, 0.25) is 0 Å². The van der Waals surface area contributed by atoms with Gasteiger partial charge in [-0.05, 0) is 30.9 Å². The number of carbonyl (C=O) groups is 2. The molecule has 4 rings (SSSR count). The van der Waals surface area contributed by atoms with Gasteiger partial charge in [-0.1, -0.05) is 31.9 Å². The van der Waals surface area contributed by atoms with Crippen molar-refractivity contribution in [3.63, 3.8) is 0 Å². The zero-order valence-corrected chi connectivity index (χ0v) is 16.1. The van der Waals surface area contributed by atoms with Crippen molar-refractivity contribution in [1.29, 1.82) is 0 Å². The third-order valence-electron chi connectivity index (χ3n) is 5.72. The minimum atomic E-state index is -0.675. The number of amides is 3. The van der Waals surface area contributed by atoms with Gasteiger partial charge in [0.15, 0.2) is 6.67 Å². The number of nitrogens with zero attached hydrogens (tertiary/aromatic N) is 2. The van der Waals surface area contributed by atoms with E-state index in [-0.39, 0.29) is 17.9 Å². The maximum Gasteiger partial charge on any atom is 0.329 e. The molecule has 2 aliphatic rings. The third-order valence-corrected chi connectivity index (χ3v) is 6.76. The van der Waals surface area contributed by atoms with Crippen LogP contribution in [0.1, 0.15) is 37.6 Å². The van der Waals surface area contributed by atoms with Crippen LogP contribution in [0.4, 0.5) is 4.79 Å². The molecule has 1 unspecified atom stereocenters. The molecule has 1 aromatic heterocycles. The zero-order valence-electron chi connectivity index (χ0n) is 15.2. The standard InChI is InChI=1S/C19H24N4O2S/c1-13-7-5-6-10-19(13)17(24)23(18(25)21-19)12-22(2)11-16-20-14-8-3-4-9-15(14)26-16/h3-4,8-9,13H,5-7,10-12H2,1-2H3,(H,21,25)/p+1/t13-,19-/m1/s1. The predicted octanol–water partition coefficient (Wildman–Crippen LogP) is 1.77. The van der Waals surface area contributed by atoms with Crippen LogP contribution in [-0.4, -0.2) is 41.1 Å². The smallest absolute Gasteiger partial charge is 0.323 e. The molecule has 2 N–H and O–H groups in total. The second-order valence-electron chi connectivity index (χ2n) is 7.65. The number of benzene rings is 1. The first kappa shape index (κ1) is 17.4. The fourth-order valence-electron chi connectivity index (χ4n) is 4.22. The van der Waals surface area contributed by atoms with Crippen LogP contribution < -0.4 is 10.2 Å². The Morgan fingerprint density at radius 3 is 2.92 bits per heavy atom. The van der Waals surface area contributed by atoms with Crippen molar-refractivity contribution in [1.82, 2.24) is 15.2 Å². The lowest BCUT2D eigenvalue weighted by molar-refractivity contribution is -0.901. The molecule has 6 nitrogen and oxygen atoms in total. The van der Waals surface area contributed by atoms with Crippen molar-refractivity contribution >= 4 is 33.5 Å². The minimum Gasteiger partial charge on any atom is -0.323 e. The number of para-hydroxylation sites is 1. The van der Waals surface area contributed by atoms with E-state index in [1.807, 2.05) is 25.2 Å². The Hall–Kier alpha value is -1.99. The Morgan fingerprint density at radius 1 is 1.35 bits per heavy atom. The average molecular weight is 374 g/mol. The maximum absolute atomic E-state index is 13.0. The Labute approximate surface area is 157 Å². The first-order valence-corrected chi connectivity index (χ1v) is 10.1. The van der Waals surface area contributed by atoms with Gasteiger partial charge in [0.25, 0.3) is 5.91 Å². The summed E-state index contributed by atoms with van der Waals surface area (Å²) in [6.45, 7) is 3.15. The molecule has 1 aromatic carbocycles. The molecular weight excluding hydrogens is 348 g/mol. The topological polar surface area (TPSA) is 66.7 Å². The zero-order chi connectivity index (χ0) is 18.3. The summed E-state index contributed by atoms with van der Waals surface area (Å²) in [4.78, 5) is 32.7.